The third kappa shape index (κ3) is 5.32. The molecule has 4 N–H and O–H groups in total. The number of nitrogens with one attached hydrogen (secondary N) is 1. The van der Waals surface area contributed by atoms with Crippen LogP contribution in [0.1, 0.15) is 60.9 Å². The summed E-state index contributed by atoms with van der Waals surface area (Å²) in [5.74, 6) is 0.601. The Hall–Kier alpha value is -2.77. The maximum absolute atomic E-state index is 13.4. The highest BCUT2D eigenvalue weighted by atomic mass is 35.5. The first-order valence-corrected chi connectivity index (χ1v) is 13.2. The second kappa shape index (κ2) is 11.1. The number of hydrogen-bond donors (Lipinski definition) is 3. The van der Waals surface area contributed by atoms with Gasteiger partial charge < -0.3 is 26.0 Å². The minimum atomic E-state index is -0.304. The van der Waals surface area contributed by atoms with Crippen molar-refractivity contribution in [3.63, 3.8) is 0 Å². The van der Waals surface area contributed by atoms with E-state index in [0.29, 0.717) is 29.5 Å². The van der Waals surface area contributed by atoms with Crippen LogP contribution < -0.4 is 11.1 Å². The van der Waals surface area contributed by atoms with Crippen LogP contribution in [0.15, 0.2) is 53.8 Å². The topological polar surface area (TPSA) is 98.9 Å². The van der Waals surface area contributed by atoms with E-state index in [1.54, 1.807) is 31.3 Å². The van der Waals surface area contributed by atoms with Crippen molar-refractivity contribution in [2.24, 2.45) is 11.1 Å². The van der Waals surface area contributed by atoms with Crippen LogP contribution in [0.4, 0.5) is 0 Å². The summed E-state index contributed by atoms with van der Waals surface area (Å²) >= 11 is 6.65. The first-order chi connectivity index (χ1) is 17.3. The normalized spacial score (nSPS) is 25.1. The molecule has 0 atom stereocenters. The van der Waals surface area contributed by atoms with Crippen molar-refractivity contribution >= 4 is 29.0 Å². The van der Waals surface area contributed by atoms with Crippen molar-refractivity contribution in [2.75, 3.05) is 26.7 Å². The third-order valence-corrected chi connectivity index (χ3v) is 8.45. The highest BCUT2D eigenvalue weighted by Crippen LogP contribution is 2.44. The predicted octanol–water partition coefficient (Wildman–Crippen LogP) is 3.60. The Morgan fingerprint density at radius 3 is 2.44 bits per heavy atom. The van der Waals surface area contributed by atoms with Crippen molar-refractivity contribution in [2.45, 2.75) is 57.1 Å². The SMILES string of the molecule is C=C/C(=C\C(Cl)=C(/N)N1CCC2(CC1)CCN(C1CCC(O)CC1)C2=O)c1cccc(C(=O)NC)c1. The summed E-state index contributed by atoms with van der Waals surface area (Å²) in [5, 5.41) is 12.9. The molecule has 0 unspecified atom stereocenters. The van der Waals surface area contributed by atoms with Gasteiger partial charge >= 0.3 is 0 Å². The smallest absolute Gasteiger partial charge is 0.251 e. The van der Waals surface area contributed by atoms with Crippen LogP contribution in [0.3, 0.4) is 0 Å². The van der Waals surface area contributed by atoms with Gasteiger partial charge in [0.25, 0.3) is 5.91 Å². The Balaban J connectivity index is 1.43. The number of aliphatic hydroxyl groups is 1. The molecule has 36 heavy (non-hydrogen) atoms. The third-order valence-electron chi connectivity index (χ3n) is 8.15. The molecular weight excluding hydrogens is 476 g/mol. The molecule has 2 amide bonds. The molecule has 2 saturated heterocycles. The van der Waals surface area contributed by atoms with Crippen LogP contribution in [0.2, 0.25) is 0 Å². The molecule has 1 spiro atoms. The monoisotopic (exact) mass is 512 g/mol. The molecule has 4 rings (SSSR count). The molecule has 1 aromatic carbocycles. The van der Waals surface area contributed by atoms with Gasteiger partial charge in [0.1, 0.15) is 5.82 Å². The number of benzene rings is 1. The lowest BCUT2D eigenvalue weighted by Gasteiger charge is -2.40. The zero-order valence-corrected chi connectivity index (χ0v) is 21.8. The summed E-state index contributed by atoms with van der Waals surface area (Å²) in [6.07, 6.45) is 9.01. The fraction of sp³-hybridized carbons (Fsp3) is 0.500. The van der Waals surface area contributed by atoms with Crippen molar-refractivity contribution in [1.82, 2.24) is 15.1 Å². The number of carbonyl (C=O) groups excluding carboxylic acids is 2. The van der Waals surface area contributed by atoms with E-state index in [1.165, 1.54) is 0 Å². The Labute approximate surface area is 218 Å². The molecule has 3 aliphatic rings. The summed E-state index contributed by atoms with van der Waals surface area (Å²) in [6.45, 7) is 6.06. The molecule has 2 aliphatic heterocycles. The van der Waals surface area contributed by atoms with Gasteiger partial charge in [-0.25, -0.2) is 0 Å². The molecule has 2 heterocycles. The van der Waals surface area contributed by atoms with Gasteiger partial charge in [0, 0.05) is 38.3 Å². The number of carbonyl (C=O) groups is 2. The Bertz CT molecular complexity index is 1070. The fourth-order valence-electron chi connectivity index (χ4n) is 5.81. The van der Waals surface area contributed by atoms with E-state index in [1.807, 2.05) is 12.1 Å². The number of aliphatic hydroxyl groups excluding tert-OH is 1. The number of nitrogens with zero attached hydrogens (tertiary/aromatic N) is 2. The number of nitrogens with two attached hydrogens (primary N) is 1. The van der Waals surface area contributed by atoms with Crippen LogP contribution in [0.25, 0.3) is 5.57 Å². The minimum Gasteiger partial charge on any atom is -0.393 e. The van der Waals surface area contributed by atoms with Gasteiger partial charge in [-0.3, -0.25) is 9.59 Å². The van der Waals surface area contributed by atoms with E-state index in [-0.39, 0.29) is 29.4 Å². The van der Waals surface area contributed by atoms with E-state index < -0.39 is 0 Å². The molecule has 1 aromatic rings. The summed E-state index contributed by atoms with van der Waals surface area (Å²) in [6, 6.07) is 7.53. The molecular formula is C28H37ClN4O3. The Morgan fingerprint density at radius 1 is 1.17 bits per heavy atom. The molecule has 0 bridgehead atoms. The summed E-state index contributed by atoms with van der Waals surface area (Å²) in [5.41, 5.74) is 8.30. The molecule has 3 fully saturated rings. The standard InChI is InChI=1S/C28H37ClN4O3/c1-3-19(20-5-4-6-21(17-20)26(35)31-2)18-24(29)25(30)32-14-11-28(12-15-32)13-16-33(27(28)36)22-7-9-23(34)10-8-22/h3-6,17-18,22-23,34H,1,7-16,30H2,2H3,(H,31,35)/b19-18+,25-24-. The quantitative estimate of drug-likeness (QED) is 0.506. The first-order valence-electron chi connectivity index (χ1n) is 12.8. The number of likely N-dealkylation sites (tertiary alicyclic amines) is 2. The Morgan fingerprint density at radius 2 is 1.81 bits per heavy atom. The fourth-order valence-corrected chi connectivity index (χ4v) is 6.05. The highest BCUT2D eigenvalue weighted by molar-refractivity contribution is 6.32. The van der Waals surface area contributed by atoms with E-state index in [9.17, 15) is 14.7 Å². The van der Waals surface area contributed by atoms with Crippen LogP contribution in [0, 0.1) is 5.41 Å². The average Bonchev–Trinajstić information content (AvgIpc) is 3.22. The van der Waals surface area contributed by atoms with Gasteiger partial charge in [-0.1, -0.05) is 36.4 Å². The molecule has 1 saturated carbocycles. The summed E-state index contributed by atoms with van der Waals surface area (Å²) in [4.78, 5) is 29.6. The lowest BCUT2D eigenvalue weighted by molar-refractivity contribution is -0.141. The zero-order chi connectivity index (χ0) is 25.9. The lowest BCUT2D eigenvalue weighted by Crippen LogP contribution is -2.48. The number of amides is 2. The largest absolute Gasteiger partial charge is 0.393 e. The van der Waals surface area contributed by atoms with E-state index in [4.69, 9.17) is 17.3 Å². The van der Waals surface area contributed by atoms with Crippen molar-refractivity contribution in [3.8, 4) is 0 Å². The number of hydrogen-bond acceptors (Lipinski definition) is 5. The van der Waals surface area contributed by atoms with Crippen LogP contribution >= 0.6 is 11.6 Å². The number of piperidine rings is 1. The second-order valence-electron chi connectivity index (χ2n) is 10.2. The number of rotatable bonds is 6. The molecule has 194 valence electrons. The van der Waals surface area contributed by atoms with Crippen LogP contribution in [0.5, 0.6) is 0 Å². The molecule has 0 aromatic heterocycles. The maximum Gasteiger partial charge on any atom is 0.251 e. The van der Waals surface area contributed by atoms with E-state index >= 15 is 0 Å². The second-order valence-corrected chi connectivity index (χ2v) is 10.6. The minimum absolute atomic E-state index is 0.162. The summed E-state index contributed by atoms with van der Waals surface area (Å²) in [7, 11) is 1.60. The maximum atomic E-state index is 13.4. The van der Waals surface area contributed by atoms with Crippen molar-refractivity contribution in [3.05, 3.63) is 65.0 Å². The Kier molecular flexibility index (Phi) is 8.10. The molecule has 7 nitrogen and oxygen atoms in total. The number of halogens is 1. The predicted molar refractivity (Wildman–Crippen MR) is 143 cm³/mol. The van der Waals surface area contributed by atoms with Crippen LogP contribution in [-0.4, -0.2) is 65.5 Å². The molecule has 1 aliphatic carbocycles. The van der Waals surface area contributed by atoms with Gasteiger partial charge in [-0.05, 0) is 74.3 Å². The zero-order valence-electron chi connectivity index (χ0n) is 21.0. The lowest BCUT2D eigenvalue weighted by atomic mass is 9.77. The summed E-state index contributed by atoms with van der Waals surface area (Å²) < 4.78 is 0. The first kappa shape index (κ1) is 26.3. The number of allylic oxidation sites excluding steroid dienone is 4. The van der Waals surface area contributed by atoms with Crippen LogP contribution in [-0.2, 0) is 4.79 Å². The van der Waals surface area contributed by atoms with E-state index in [2.05, 4.69) is 21.7 Å². The van der Waals surface area contributed by atoms with Gasteiger partial charge in [0.2, 0.25) is 5.91 Å². The van der Waals surface area contributed by atoms with Gasteiger partial charge in [-0.15, -0.1) is 0 Å². The van der Waals surface area contributed by atoms with Crippen molar-refractivity contribution < 1.29 is 14.7 Å². The molecule has 0 radical (unpaired) electrons. The average molecular weight is 513 g/mol. The van der Waals surface area contributed by atoms with Crippen molar-refractivity contribution in [1.29, 1.82) is 0 Å². The molecule has 8 heteroatoms. The highest BCUT2D eigenvalue weighted by Gasteiger charge is 2.50. The van der Waals surface area contributed by atoms with Gasteiger partial charge in [-0.2, -0.15) is 0 Å². The van der Waals surface area contributed by atoms with Gasteiger partial charge in [0.15, 0.2) is 0 Å². The van der Waals surface area contributed by atoms with Gasteiger partial charge in [0.05, 0.1) is 16.6 Å². The van der Waals surface area contributed by atoms with E-state index in [0.717, 1.165) is 62.6 Å².